The predicted molar refractivity (Wildman–Crippen MR) is 79.2 cm³/mol. The first-order valence-electron chi connectivity index (χ1n) is 6.66. The first kappa shape index (κ1) is 14.8. The number of fused-ring (bicyclic) bond motifs is 1. The molecule has 0 aliphatic heterocycles. The summed E-state index contributed by atoms with van der Waals surface area (Å²) >= 11 is 0. The number of carbonyl (C=O) groups is 2. The topological polar surface area (TPSA) is 66.8 Å². The molecule has 0 aliphatic rings. The Balaban J connectivity index is 2.27. The second kappa shape index (κ2) is 6.26. The van der Waals surface area contributed by atoms with Gasteiger partial charge in [0.1, 0.15) is 12.3 Å². The first-order valence-corrected chi connectivity index (χ1v) is 6.66. The van der Waals surface area contributed by atoms with Crippen LogP contribution in [0.3, 0.4) is 0 Å². The monoisotopic (exact) mass is 287 g/mol. The number of amides is 1. The standard InChI is InChI=1S/C16H17NO4/c1-3-21-14(18)10-17(2)16(20)13-9-8-11-6-4-5-7-12(11)15(13)19/h4-9,19H,3,10H2,1-2H3. The lowest BCUT2D eigenvalue weighted by Gasteiger charge is -2.17. The van der Waals surface area contributed by atoms with Crippen molar-refractivity contribution in [2.75, 3.05) is 20.2 Å². The van der Waals surface area contributed by atoms with Crippen molar-refractivity contribution in [2.45, 2.75) is 6.92 Å². The Bertz CT molecular complexity index is 681. The van der Waals surface area contributed by atoms with Crippen LogP contribution in [-0.2, 0) is 9.53 Å². The summed E-state index contributed by atoms with van der Waals surface area (Å²) in [4.78, 5) is 24.9. The number of aromatic hydroxyl groups is 1. The molecule has 0 spiro atoms. The molecule has 0 aromatic heterocycles. The number of likely N-dealkylation sites (N-methyl/N-ethyl adjacent to an activating group) is 1. The molecule has 110 valence electrons. The number of ether oxygens (including phenoxy) is 1. The molecule has 0 saturated carbocycles. The largest absolute Gasteiger partial charge is 0.506 e. The Morgan fingerprint density at radius 2 is 1.90 bits per heavy atom. The minimum Gasteiger partial charge on any atom is -0.506 e. The van der Waals surface area contributed by atoms with E-state index in [-0.39, 0.29) is 24.5 Å². The van der Waals surface area contributed by atoms with Gasteiger partial charge in [0.2, 0.25) is 0 Å². The SMILES string of the molecule is CCOC(=O)CN(C)C(=O)c1ccc2ccccc2c1O. The maximum absolute atomic E-state index is 12.3. The van der Waals surface area contributed by atoms with Crippen LogP contribution in [-0.4, -0.2) is 42.1 Å². The molecule has 0 atom stereocenters. The van der Waals surface area contributed by atoms with Gasteiger partial charge in [-0.25, -0.2) is 0 Å². The van der Waals surface area contributed by atoms with E-state index < -0.39 is 11.9 Å². The van der Waals surface area contributed by atoms with Crippen LogP contribution in [0.4, 0.5) is 0 Å². The molecular weight excluding hydrogens is 270 g/mol. The Morgan fingerprint density at radius 3 is 2.62 bits per heavy atom. The average molecular weight is 287 g/mol. The molecule has 0 heterocycles. The van der Waals surface area contributed by atoms with Crippen LogP contribution in [0.1, 0.15) is 17.3 Å². The molecule has 0 bridgehead atoms. The molecule has 21 heavy (non-hydrogen) atoms. The minimum atomic E-state index is -0.478. The summed E-state index contributed by atoms with van der Waals surface area (Å²) in [6.07, 6.45) is 0. The maximum Gasteiger partial charge on any atom is 0.325 e. The number of esters is 1. The summed E-state index contributed by atoms with van der Waals surface area (Å²) < 4.78 is 4.80. The van der Waals surface area contributed by atoms with Gasteiger partial charge in [-0.2, -0.15) is 0 Å². The molecule has 5 nitrogen and oxygen atoms in total. The van der Waals surface area contributed by atoms with E-state index in [1.807, 2.05) is 12.1 Å². The van der Waals surface area contributed by atoms with Gasteiger partial charge in [0.25, 0.3) is 5.91 Å². The number of phenolic OH excluding ortho intramolecular Hbond substituents is 1. The fourth-order valence-electron chi connectivity index (χ4n) is 2.11. The second-order valence-electron chi connectivity index (χ2n) is 4.65. The fraction of sp³-hybridized carbons (Fsp3) is 0.250. The second-order valence-corrected chi connectivity index (χ2v) is 4.65. The average Bonchev–Trinajstić information content (AvgIpc) is 2.47. The fourth-order valence-corrected chi connectivity index (χ4v) is 2.11. The van der Waals surface area contributed by atoms with E-state index in [0.29, 0.717) is 5.39 Å². The molecule has 1 amide bonds. The number of hydrogen-bond donors (Lipinski definition) is 1. The van der Waals surface area contributed by atoms with Crippen molar-refractivity contribution in [1.29, 1.82) is 0 Å². The number of nitrogens with zero attached hydrogens (tertiary/aromatic N) is 1. The van der Waals surface area contributed by atoms with Gasteiger partial charge in [0.05, 0.1) is 12.2 Å². The molecule has 0 radical (unpaired) electrons. The van der Waals surface area contributed by atoms with Crippen LogP contribution >= 0.6 is 0 Å². The summed E-state index contributed by atoms with van der Waals surface area (Å²) in [5.74, 6) is -0.978. The zero-order chi connectivity index (χ0) is 15.4. The Labute approximate surface area is 122 Å². The summed E-state index contributed by atoms with van der Waals surface area (Å²) in [6.45, 7) is 1.82. The molecule has 0 unspecified atom stereocenters. The summed E-state index contributed by atoms with van der Waals surface area (Å²) in [5, 5.41) is 11.7. The third-order valence-corrected chi connectivity index (χ3v) is 3.15. The summed E-state index contributed by atoms with van der Waals surface area (Å²) in [7, 11) is 1.49. The van der Waals surface area contributed by atoms with E-state index in [1.54, 1.807) is 31.2 Å². The maximum atomic E-state index is 12.3. The van der Waals surface area contributed by atoms with E-state index in [2.05, 4.69) is 0 Å². The quantitative estimate of drug-likeness (QED) is 0.875. The first-order chi connectivity index (χ1) is 10.0. The van der Waals surface area contributed by atoms with Gasteiger partial charge in [-0.1, -0.05) is 30.3 Å². The van der Waals surface area contributed by atoms with Gasteiger partial charge in [0.15, 0.2) is 0 Å². The molecule has 0 aliphatic carbocycles. The van der Waals surface area contributed by atoms with E-state index in [4.69, 9.17) is 4.74 Å². The van der Waals surface area contributed by atoms with Crippen molar-refractivity contribution in [3.05, 3.63) is 42.0 Å². The molecule has 2 aromatic rings. The van der Waals surface area contributed by atoms with E-state index in [0.717, 1.165) is 5.39 Å². The zero-order valence-electron chi connectivity index (χ0n) is 12.0. The van der Waals surface area contributed by atoms with E-state index in [9.17, 15) is 14.7 Å². The molecular formula is C16H17NO4. The number of phenols is 1. The van der Waals surface area contributed by atoms with Crippen molar-refractivity contribution < 1.29 is 19.4 Å². The summed E-state index contributed by atoms with van der Waals surface area (Å²) in [6, 6.07) is 10.6. The minimum absolute atomic E-state index is 0.0752. The number of benzene rings is 2. The molecule has 2 rings (SSSR count). The van der Waals surface area contributed by atoms with Gasteiger partial charge in [-0.05, 0) is 18.4 Å². The predicted octanol–water partition coefficient (Wildman–Crippen LogP) is 2.18. The van der Waals surface area contributed by atoms with Crippen LogP contribution in [0, 0.1) is 0 Å². The Hall–Kier alpha value is -2.56. The normalized spacial score (nSPS) is 10.4. The van der Waals surface area contributed by atoms with Gasteiger partial charge in [0, 0.05) is 12.4 Å². The third-order valence-electron chi connectivity index (χ3n) is 3.15. The highest BCUT2D eigenvalue weighted by Gasteiger charge is 2.19. The van der Waals surface area contributed by atoms with Crippen LogP contribution < -0.4 is 0 Å². The number of rotatable bonds is 4. The molecule has 2 aromatic carbocycles. The van der Waals surface area contributed by atoms with Crippen LogP contribution in [0.15, 0.2) is 36.4 Å². The van der Waals surface area contributed by atoms with Gasteiger partial charge in [-0.3, -0.25) is 9.59 Å². The third kappa shape index (κ3) is 3.13. The Kier molecular flexibility index (Phi) is 4.42. The lowest BCUT2D eigenvalue weighted by Crippen LogP contribution is -2.33. The smallest absolute Gasteiger partial charge is 0.325 e. The van der Waals surface area contributed by atoms with Gasteiger partial charge < -0.3 is 14.7 Å². The number of carbonyl (C=O) groups excluding carboxylic acids is 2. The Morgan fingerprint density at radius 1 is 1.19 bits per heavy atom. The van der Waals surface area contributed by atoms with Gasteiger partial charge >= 0.3 is 5.97 Å². The zero-order valence-corrected chi connectivity index (χ0v) is 12.0. The molecule has 0 fully saturated rings. The lowest BCUT2D eigenvalue weighted by atomic mass is 10.0. The number of hydrogen-bond acceptors (Lipinski definition) is 4. The van der Waals surface area contributed by atoms with E-state index >= 15 is 0 Å². The van der Waals surface area contributed by atoms with Crippen molar-refractivity contribution in [3.63, 3.8) is 0 Å². The molecule has 0 saturated heterocycles. The molecule has 1 N–H and O–H groups in total. The lowest BCUT2D eigenvalue weighted by molar-refractivity contribution is -0.143. The van der Waals surface area contributed by atoms with Crippen molar-refractivity contribution in [1.82, 2.24) is 4.90 Å². The van der Waals surface area contributed by atoms with E-state index in [1.165, 1.54) is 11.9 Å². The van der Waals surface area contributed by atoms with Crippen LogP contribution in [0.5, 0.6) is 5.75 Å². The van der Waals surface area contributed by atoms with Crippen LogP contribution in [0.2, 0.25) is 0 Å². The highest BCUT2D eigenvalue weighted by molar-refractivity contribution is 6.04. The van der Waals surface area contributed by atoms with Crippen molar-refractivity contribution in [2.24, 2.45) is 0 Å². The van der Waals surface area contributed by atoms with Crippen LogP contribution in [0.25, 0.3) is 10.8 Å². The highest BCUT2D eigenvalue weighted by Crippen LogP contribution is 2.29. The highest BCUT2D eigenvalue weighted by atomic mass is 16.5. The van der Waals surface area contributed by atoms with Crippen molar-refractivity contribution in [3.8, 4) is 5.75 Å². The molecule has 5 heteroatoms. The summed E-state index contributed by atoms with van der Waals surface area (Å²) in [5.41, 5.74) is 0.167. The van der Waals surface area contributed by atoms with Crippen molar-refractivity contribution >= 4 is 22.6 Å². The van der Waals surface area contributed by atoms with Gasteiger partial charge in [-0.15, -0.1) is 0 Å².